The lowest BCUT2D eigenvalue weighted by molar-refractivity contribution is 0.0526. The minimum absolute atomic E-state index is 0.0349. The second-order valence-electron chi connectivity index (χ2n) is 5.46. The Bertz CT molecular complexity index is 1060. The fourth-order valence-corrected chi connectivity index (χ4v) is 3.91. The lowest BCUT2D eigenvalue weighted by atomic mass is 10.2. The van der Waals surface area contributed by atoms with Gasteiger partial charge in [0.05, 0.1) is 17.2 Å². The molecular weight excluding hydrogens is 375 g/mol. The van der Waals surface area contributed by atoms with Crippen molar-refractivity contribution >= 4 is 40.2 Å². The van der Waals surface area contributed by atoms with E-state index in [1.165, 1.54) is 22.4 Å². The lowest BCUT2D eigenvalue weighted by Crippen LogP contribution is -2.04. The molecule has 0 aliphatic rings. The van der Waals surface area contributed by atoms with Crippen molar-refractivity contribution in [3.63, 3.8) is 0 Å². The van der Waals surface area contributed by atoms with Crippen molar-refractivity contribution in [1.29, 1.82) is 5.26 Å². The van der Waals surface area contributed by atoms with Gasteiger partial charge in [-0.1, -0.05) is 29.4 Å². The Balaban J connectivity index is 2.09. The number of esters is 1. The van der Waals surface area contributed by atoms with E-state index in [1.54, 1.807) is 38.1 Å². The molecule has 3 aromatic rings. The van der Waals surface area contributed by atoms with E-state index >= 15 is 0 Å². The Labute approximate surface area is 159 Å². The third-order valence-electron chi connectivity index (χ3n) is 3.87. The number of aromatic nitrogens is 1. The van der Waals surface area contributed by atoms with Gasteiger partial charge in [-0.3, -0.25) is 0 Å². The molecular formula is C19H14ClFN2O2S. The van der Waals surface area contributed by atoms with E-state index in [2.05, 4.69) is 0 Å². The topological polar surface area (TPSA) is 55.0 Å². The zero-order chi connectivity index (χ0) is 18.8. The van der Waals surface area contributed by atoms with Crippen molar-refractivity contribution in [1.82, 2.24) is 4.57 Å². The summed E-state index contributed by atoms with van der Waals surface area (Å²) in [6.07, 6.45) is 1.99. The Morgan fingerprint density at radius 2 is 2.15 bits per heavy atom. The third kappa shape index (κ3) is 3.16. The quantitative estimate of drug-likeness (QED) is 0.561. The summed E-state index contributed by atoms with van der Waals surface area (Å²) in [6.45, 7) is 3.79. The fourth-order valence-electron chi connectivity index (χ4n) is 2.68. The molecule has 0 amide bonds. The van der Waals surface area contributed by atoms with E-state index in [9.17, 15) is 14.4 Å². The summed E-state index contributed by atoms with van der Waals surface area (Å²) in [6, 6.07) is 10.1. The maximum absolute atomic E-state index is 14.5. The first kappa shape index (κ1) is 18.3. The lowest BCUT2D eigenvalue weighted by Gasteiger charge is -2.05. The van der Waals surface area contributed by atoms with Crippen LogP contribution in [0.25, 0.3) is 10.9 Å². The van der Waals surface area contributed by atoms with E-state index < -0.39 is 11.8 Å². The van der Waals surface area contributed by atoms with E-state index in [0.717, 1.165) is 9.79 Å². The summed E-state index contributed by atoms with van der Waals surface area (Å²) in [5.74, 6) is -1.02. The van der Waals surface area contributed by atoms with E-state index in [4.69, 9.17) is 16.3 Å². The van der Waals surface area contributed by atoms with Crippen molar-refractivity contribution in [2.24, 2.45) is 0 Å². The summed E-state index contributed by atoms with van der Waals surface area (Å²) in [5.41, 5.74) is 1.20. The molecule has 2 aromatic carbocycles. The molecule has 0 aliphatic heterocycles. The second kappa shape index (κ2) is 7.40. The molecule has 0 unspecified atom stereocenters. The molecule has 0 fully saturated rings. The number of halogens is 2. The minimum Gasteiger partial charge on any atom is -0.462 e. The summed E-state index contributed by atoms with van der Waals surface area (Å²) >= 11 is 7.22. The molecule has 0 aliphatic carbocycles. The number of hydrogen-bond donors (Lipinski definition) is 0. The predicted molar refractivity (Wildman–Crippen MR) is 99.2 cm³/mol. The SMILES string of the molecule is CCOC(=O)c1cccc(Sc2c(C)n(C#N)c3c(F)c(Cl)ccc23)c1. The minimum atomic E-state index is -0.624. The number of ether oxygens (including phenoxy) is 1. The predicted octanol–water partition coefficient (Wildman–Crippen LogP) is 5.40. The van der Waals surface area contributed by atoms with Crippen molar-refractivity contribution < 1.29 is 13.9 Å². The van der Waals surface area contributed by atoms with Gasteiger partial charge in [0.15, 0.2) is 12.0 Å². The Morgan fingerprint density at radius 3 is 2.85 bits per heavy atom. The van der Waals surface area contributed by atoms with Crippen molar-refractivity contribution in [3.8, 4) is 6.19 Å². The van der Waals surface area contributed by atoms with Gasteiger partial charge in [-0.05, 0) is 44.2 Å². The molecule has 3 rings (SSSR count). The van der Waals surface area contributed by atoms with E-state index in [-0.39, 0.29) is 10.5 Å². The Hall–Kier alpha value is -2.49. The maximum atomic E-state index is 14.5. The van der Waals surface area contributed by atoms with Gasteiger partial charge in [0.2, 0.25) is 0 Å². The van der Waals surface area contributed by atoms with Crippen LogP contribution in [-0.2, 0) is 4.74 Å². The van der Waals surface area contributed by atoms with Crippen LogP contribution in [0.15, 0.2) is 46.2 Å². The number of benzene rings is 2. The van der Waals surface area contributed by atoms with Crippen LogP contribution in [0.1, 0.15) is 23.0 Å². The average Bonchev–Trinajstić information content (AvgIpc) is 2.90. The zero-order valence-corrected chi connectivity index (χ0v) is 15.6. The number of nitrogens with zero attached hydrogens (tertiary/aromatic N) is 2. The third-order valence-corrected chi connectivity index (χ3v) is 5.37. The molecule has 1 aromatic heterocycles. The first-order chi connectivity index (χ1) is 12.5. The van der Waals surface area contributed by atoms with Crippen LogP contribution >= 0.6 is 23.4 Å². The van der Waals surface area contributed by atoms with Crippen LogP contribution < -0.4 is 0 Å². The molecule has 0 spiro atoms. The van der Waals surface area contributed by atoms with Crippen molar-refractivity contribution in [2.45, 2.75) is 23.6 Å². The van der Waals surface area contributed by atoms with Crippen LogP contribution in [-0.4, -0.2) is 17.1 Å². The Kier molecular flexibility index (Phi) is 5.21. The van der Waals surface area contributed by atoms with Gasteiger partial charge in [-0.25, -0.2) is 13.8 Å². The number of carbonyl (C=O) groups is 1. The highest BCUT2D eigenvalue weighted by Crippen LogP contribution is 2.40. The van der Waals surface area contributed by atoms with Crippen LogP contribution in [0.5, 0.6) is 0 Å². The van der Waals surface area contributed by atoms with Gasteiger partial charge < -0.3 is 4.74 Å². The molecule has 0 N–H and O–H groups in total. The largest absolute Gasteiger partial charge is 0.462 e. The summed E-state index contributed by atoms with van der Waals surface area (Å²) in [7, 11) is 0. The summed E-state index contributed by atoms with van der Waals surface area (Å²) in [5, 5.41) is 9.98. The van der Waals surface area contributed by atoms with Crippen LogP contribution in [0.4, 0.5) is 4.39 Å². The number of hydrogen-bond acceptors (Lipinski definition) is 4. The van der Waals surface area contributed by atoms with Gasteiger partial charge in [0.25, 0.3) is 0 Å². The smallest absolute Gasteiger partial charge is 0.338 e. The molecule has 4 nitrogen and oxygen atoms in total. The Morgan fingerprint density at radius 1 is 1.38 bits per heavy atom. The van der Waals surface area contributed by atoms with Crippen LogP contribution in [0.3, 0.4) is 0 Å². The first-order valence-electron chi connectivity index (χ1n) is 7.82. The highest BCUT2D eigenvalue weighted by molar-refractivity contribution is 7.99. The normalized spacial score (nSPS) is 10.7. The molecule has 0 radical (unpaired) electrons. The molecule has 1 heterocycles. The fraction of sp³-hybridized carbons (Fsp3) is 0.158. The first-order valence-corrected chi connectivity index (χ1v) is 9.01. The standard InChI is InChI=1S/C19H14ClFN2O2S/c1-3-25-19(24)12-5-4-6-13(9-12)26-18-11(2)23(10-22)17-14(18)7-8-15(20)16(17)21/h4-9H,3H2,1-2H3. The van der Waals surface area contributed by atoms with Gasteiger partial charge in [0.1, 0.15) is 5.52 Å². The summed E-state index contributed by atoms with van der Waals surface area (Å²) < 4.78 is 20.7. The number of rotatable bonds is 4. The molecule has 7 heteroatoms. The van der Waals surface area contributed by atoms with Crippen LogP contribution in [0, 0.1) is 24.2 Å². The highest BCUT2D eigenvalue weighted by Gasteiger charge is 2.20. The zero-order valence-electron chi connectivity index (χ0n) is 14.0. The number of fused-ring (bicyclic) bond motifs is 1. The molecule has 0 saturated heterocycles. The van der Waals surface area contributed by atoms with Crippen LogP contribution in [0.2, 0.25) is 5.02 Å². The molecule has 0 bridgehead atoms. The van der Waals surface area contributed by atoms with Gasteiger partial charge >= 0.3 is 5.97 Å². The molecule has 0 saturated carbocycles. The average molecular weight is 389 g/mol. The molecule has 26 heavy (non-hydrogen) atoms. The summed E-state index contributed by atoms with van der Waals surface area (Å²) in [4.78, 5) is 13.4. The highest BCUT2D eigenvalue weighted by atomic mass is 35.5. The van der Waals surface area contributed by atoms with Gasteiger partial charge in [-0.2, -0.15) is 5.26 Å². The van der Waals surface area contributed by atoms with Crippen molar-refractivity contribution in [3.05, 3.63) is 58.5 Å². The molecule has 132 valence electrons. The van der Waals surface area contributed by atoms with Gasteiger partial charge in [-0.15, -0.1) is 0 Å². The van der Waals surface area contributed by atoms with Crippen molar-refractivity contribution in [2.75, 3.05) is 6.61 Å². The maximum Gasteiger partial charge on any atom is 0.338 e. The van der Waals surface area contributed by atoms with Gasteiger partial charge in [0, 0.05) is 20.9 Å². The van der Waals surface area contributed by atoms with E-state index in [0.29, 0.717) is 23.3 Å². The molecule has 0 atom stereocenters. The van der Waals surface area contributed by atoms with E-state index in [1.807, 2.05) is 12.3 Å². The monoisotopic (exact) mass is 388 g/mol. The number of carbonyl (C=O) groups excluding carboxylic acids is 1. The second-order valence-corrected chi connectivity index (χ2v) is 6.95. The number of nitriles is 1.